The summed E-state index contributed by atoms with van der Waals surface area (Å²) in [6.07, 6.45) is 0.811. The number of anilines is 1. The van der Waals surface area contributed by atoms with E-state index >= 15 is 0 Å². The summed E-state index contributed by atoms with van der Waals surface area (Å²) >= 11 is 0. The summed E-state index contributed by atoms with van der Waals surface area (Å²) in [5, 5.41) is 8.74. The third-order valence-electron chi connectivity index (χ3n) is 5.91. The van der Waals surface area contributed by atoms with Gasteiger partial charge in [-0.1, -0.05) is 24.3 Å². The number of pyridine rings is 1. The lowest BCUT2D eigenvalue weighted by Gasteiger charge is -2.14. The molecule has 0 aliphatic rings. The van der Waals surface area contributed by atoms with Crippen molar-refractivity contribution in [2.24, 2.45) is 0 Å². The van der Waals surface area contributed by atoms with E-state index in [1.807, 2.05) is 54.9 Å². The van der Waals surface area contributed by atoms with Crippen LogP contribution in [0.4, 0.5) is 5.69 Å². The molecule has 0 unspecified atom stereocenters. The molecule has 0 spiro atoms. The van der Waals surface area contributed by atoms with Crippen molar-refractivity contribution < 1.29 is 14.3 Å². The number of nitrogens with zero attached hydrogens (tertiary/aromatic N) is 3. The standard InChI is InChI=1S/C27H30N4O3/c1-6-34-27-22(14-15-24(32)28-20-11-9-12-21(16-20)33-5)18(3)25-19(4)30-31(26(25)29-27)23-13-8-7-10-17(23)2/h7-13,16H,6,14-15H2,1-5H3,(H,28,32). The fourth-order valence-corrected chi connectivity index (χ4v) is 4.21. The monoisotopic (exact) mass is 458 g/mol. The number of ether oxygens (including phenoxy) is 2. The topological polar surface area (TPSA) is 78.3 Å². The molecular weight excluding hydrogens is 428 g/mol. The quantitative estimate of drug-likeness (QED) is 0.386. The van der Waals surface area contributed by atoms with Crippen LogP contribution in [0, 0.1) is 20.8 Å². The molecule has 4 aromatic rings. The molecule has 0 aliphatic heterocycles. The molecule has 34 heavy (non-hydrogen) atoms. The van der Waals surface area contributed by atoms with Crippen LogP contribution in [-0.4, -0.2) is 34.4 Å². The number of hydrogen-bond acceptors (Lipinski definition) is 5. The lowest BCUT2D eigenvalue weighted by molar-refractivity contribution is -0.116. The van der Waals surface area contributed by atoms with Gasteiger partial charge in [0, 0.05) is 29.1 Å². The zero-order valence-electron chi connectivity index (χ0n) is 20.3. The maximum absolute atomic E-state index is 12.7. The first-order valence-corrected chi connectivity index (χ1v) is 11.4. The minimum atomic E-state index is -0.0810. The maximum Gasteiger partial charge on any atom is 0.224 e. The smallest absolute Gasteiger partial charge is 0.224 e. The lowest BCUT2D eigenvalue weighted by atomic mass is 10.0. The highest BCUT2D eigenvalue weighted by Crippen LogP contribution is 2.32. The molecule has 4 rings (SSSR count). The van der Waals surface area contributed by atoms with Gasteiger partial charge in [0.25, 0.3) is 0 Å². The molecule has 2 aromatic carbocycles. The van der Waals surface area contributed by atoms with Gasteiger partial charge in [0.15, 0.2) is 5.65 Å². The zero-order chi connectivity index (χ0) is 24.2. The van der Waals surface area contributed by atoms with Crippen LogP contribution in [-0.2, 0) is 11.2 Å². The van der Waals surface area contributed by atoms with Gasteiger partial charge >= 0.3 is 0 Å². The Hall–Kier alpha value is -3.87. The number of fused-ring (bicyclic) bond motifs is 1. The van der Waals surface area contributed by atoms with E-state index in [1.54, 1.807) is 13.2 Å². The Kier molecular flexibility index (Phi) is 6.82. The molecule has 0 fully saturated rings. The Labute approximate surface area is 199 Å². The first kappa shape index (κ1) is 23.3. The predicted octanol–water partition coefficient (Wildman–Crippen LogP) is 5.32. The number of aryl methyl sites for hydroxylation is 3. The van der Waals surface area contributed by atoms with Gasteiger partial charge < -0.3 is 14.8 Å². The van der Waals surface area contributed by atoms with Gasteiger partial charge in [0.1, 0.15) is 5.75 Å². The molecule has 0 aliphatic carbocycles. The van der Waals surface area contributed by atoms with Crippen molar-refractivity contribution in [3.8, 4) is 17.3 Å². The molecule has 0 atom stereocenters. The van der Waals surface area contributed by atoms with Gasteiger partial charge in [-0.15, -0.1) is 0 Å². The molecular formula is C27H30N4O3. The average Bonchev–Trinajstić information content (AvgIpc) is 3.15. The molecule has 7 nitrogen and oxygen atoms in total. The molecule has 0 saturated carbocycles. The second-order valence-electron chi connectivity index (χ2n) is 8.22. The highest BCUT2D eigenvalue weighted by atomic mass is 16.5. The Morgan fingerprint density at radius 2 is 1.88 bits per heavy atom. The molecule has 0 saturated heterocycles. The predicted molar refractivity (Wildman–Crippen MR) is 134 cm³/mol. The van der Waals surface area contributed by atoms with Crippen molar-refractivity contribution >= 4 is 22.6 Å². The van der Waals surface area contributed by atoms with Crippen molar-refractivity contribution in [2.75, 3.05) is 19.0 Å². The van der Waals surface area contributed by atoms with E-state index < -0.39 is 0 Å². The van der Waals surface area contributed by atoms with Gasteiger partial charge in [0.05, 0.1) is 25.1 Å². The van der Waals surface area contributed by atoms with Gasteiger partial charge in [-0.3, -0.25) is 4.79 Å². The first-order valence-electron chi connectivity index (χ1n) is 11.4. The minimum Gasteiger partial charge on any atom is -0.497 e. The molecule has 1 amide bonds. The number of carbonyl (C=O) groups is 1. The van der Waals surface area contributed by atoms with E-state index in [0.29, 0.717) is 36.8 Å². The van der Waals surface area contributed by atoms with Gasteiger partial charge in [-0.05, 0) is 63.4 Å². The van der Waals surface area contributed by atoms with Crippen LogP contribution in [0.3, 0.4) is 0 Å². The molecule has 0 bridgehead atoms. The number of amides is 1. The fourth-order valence-electron chi connectivity index (χ4n) is 4.21. The number of carbonyl (C=O) groups excluding carboxylic acids is 1. The summed E-state index contributed by atoms with van der Waals surface area (Å²) in [6, 6.07) is 15.4. The van der Waals surface area contributed by atoms with Gasteiger partial charge in [-0.2, -0.15) is 10.1 Å². The van der Waals surface area contributed by atoms with E-state index in [-0.39, 0.29) is 5.91 Å². The average molecular weight is 459 g/mol. The number of hydrogen-bond donors (Lipinski definition) is 1. The van der Waals surface area contributed by atoms with Gasteiger partial charge in [0.2, 0.25) is 11.8 Å². The van der Waals surface area contributed by atoms with E-state index in [4.69, 9.17) is 19.6 Å². The molecule has 2 aromatic heterocycles. The number of para-hydroxylation sites is 1. The van der Waals surface area contributed by atoms with Crippen LogP contribution in [0.25, 0.3) is 16.7 Å². The Bertz CT molecular complexity index is 1340. The van der Waals surface area contributed by atoms with Crippen molar-refractivity contribution in [1.29, 1.82) is 0 Å². The molecule has 0 radical (unpaired) electrons. The summed E-state index contributed by atoms with van der Waals surface area (Å²) in [4.78, 5) is 17.6. The third-order valence-corrected chi connectivity index (χ3v) is 5.91. The van der Waals surface area contributed by atoms with Crippen molar-refractivity contribution in [1.82, 2.24) is 14.8 Å². The van der Waals surface area contributed by atoms with Crippen molar-refractivity contribution in [2.45, 2.75) is 40.5 Å². The van der Waals surface area contributed by atoms with E-state index in [1.165, 1.54) is 0 Å². The minimum absolute atomic E-state index is 0.0810. The Balaban J connectivity index is 1.66. The zero-order valence-corrected chi connectivity index (χ0v) is 20.3. The Morgan fingerprint density at radius 3 is 2.62 bits per heavy atom. The Morgan fingerprint density at radius 1 is 1.09 bits per heavy atom. The van der Waals surface area contributed by atoms with Crippen LogP contribution in [0.5, 0.6) is 11.6 Å². The maximum atomic E-state index is 12.7. The number of rotatable bonds is 8. The number of nitrogens with one attached hydrogen (secondary N) is 1. The van der Waals surface area contributed by atoms with Crippen LogP contribution < -0.4 is 14.8 Å². The molecule has 7 heteroatoms. The van der Waals surface area contributed by atoms with Gasteiger partial charge in [-0.25, -0.2) is 4.68 Å². The van der Waals surface area contributed by atoms with E-state index in [0.717, 1.165) is 39.1 Å². The summed E-state index contributed by atoms with van der Waals surface area (Å²) in [5.74, 6) is 1.17. The van der Waals surface area contributed by atoms with E-state index in [2.05, 4.69) is 25.2 Å². The number of benzene rings is 2. The third kappa shape index (κ3) is 4.59. The summed E-state index contributed by atoms with van der Waals surface area (Å²) < 4.78 is 13.1. The SMILES string of the molecule is CCOc1nc2c(c(C)nn2-c2ccccc2C)c(C)c1CCC(=O)Nc1cccc(OC)c1. The second-order valence-corrected chi connectivity index (χ2v) is 8.22. The van der Waals surface area contributed by atoms with Crippen LogP contribution in [0.1, 0.15) is 35.7 Å². The summed E-state index contributed by atoms with van der Waals surface area (Å²) in [6.45, 7) is 8.52. The van der Waals surface area contributed by atoms with Crippen LogP contribution in [0.15, 0.2) is 48.5 Å². The normalized spacial score (nSPS) is 11.0. The highest BCUT2D eigenvalue weighted by Gasteiger charge is 2.21. The fraction of sp³-hybridized carbons (Fsp3) is 0.296. The molecule has 2 heterocycles. The first-order chi connectivity index (χ1) is 16.4. The lowest BCUT2D eigenvalue weighted by Crippen LogP contribution is -2.13. The summed E-state index contributed by atoms with van der Waals surface area (Å²) in [7, 11) is 1.60. The summed E-state index contributed by atoms with van der Waals surface area (Å²) in [5.41, 5.74) is 6.44. The van der Waals surface area contributed by atoms with E-state index in [9.17, 15) is 4.79 Å². The van der Waals surface area contributed by atoms with Crippen LogP contribution >= 0.6 is 0 Å². The number of aromatic nitrogens is 3. The van der Waals surface area contributed by atoms with Crippen molar-refractivity contribution in [3.63, 3.8) is 0 Å². The van der Waals surface area contributed by atoms with Crippen LogP contribution in [0.2, 0.25) is 0 Å². The second kappa shape index (κ2) is 9.95. The molecule has 1 N–H and O–H groups in total. The van der Waals surface area contributed by atoms with Crippen molar-refractivity contribution in [3.05, 3.63) is 70.9 Å². The largest absolute Gasteiger partial charge is 0.497 e. The highest BCUT2D eigenvalue weighted by molar-refractivity contribution is 5.91. The molecule has 176 valence electrons. The number of methoxy groups -OCH3 is 1.